The molecule has 0 aliphatic rings. The first-order valence-electron chi connectivity index (χ1n) is 5.18. The summed E-state index contributed by atoms with van der Waals surface area (Å²) in [4.78, 5) is 11.8. The van der Waals surface area contributed by atoms with Gasteiger partial charge in [-0.05, 0) is 31.2 Å². The first-order valence-corrected chi connectivity index (χ1v) is 5.56. The lowest BCUT2D eigenvalue weighted by molar-refractivity contribution is 0.0990. The Hall–Kier alpha value is -1.06. The number of halogens is 1. The largest absolute Gasteiger partial charge is 0.496 e. The average molecular weight is 242 g/mol. The molecule has 0 saturated carbocycles. The van der Waals surface area contributed by atoms with E-state index in [1.165, 1.54) is 0 Å². The number of hydrogen-bond donors (Lipinski definition) is 1. The van der Waals surface area contributed by atoms with Gasteiger partial charge in [0.05, 0.1) is 19.2 Å². The number of aryl methyl sites for hydroxylation is 1. The molecule has 16 heavy (non-hydrogen) atoms. The van der Waals surface area contributed by atoms with Gasteiger partial charge in [0.1, 0.15) is 5.75 Å². The van der Waals surface area contributed by atoms with E-state index in [0.717, 1.165) is 12.0 Å². The number of rotatable bonds is 5. The molecule has 0 heterocycles. The van der Waals surface area contributed by atoms with Crippen LogP contribution in [0.25, 0.3) is 0 Å². The number of ketones is 1. The maximum absolute atomic E-state index is 11.8. The van der Waals surface area contributed by atoms with Crippen molar-refractivity contribution in [3.05, 3.63) is 28.3 Å². The maximum Gasteiger partial charge on any atom is 0.180 e. The summed E-state index contributed by atoms with van der Waals surface area (Å²) in [6, 6.07) is 3.48. The fourth-order valence-electron chi connectivity index (χ4n) is 1.62. The van der Waals surface area contributed by atoms with Crippen molar-refractivity contribution in [2.75, 3.05) is 20.7 Å². The van der Waals surface area contributed by atoms with E-state index in [2.05, 4.69) is 5.32 Å². The van der Waals surface area contributed by atoms with Gasteiger partial charge in [0.15, 0.2) is 5.78 Å². The van der Waals surface area contributed by atoms with Crippen LogP contribution in [0.15, 0.2) is 12.1 Å². The quantitative estimate of drug-likeness (QED) is 0.804. The normalized spacial score (nSPS) is 10.2. The van der Waals surface area contributed by atoms with E-state index in [-0.39, 0.29) is 12.3 Å². The summed E-state index contributed by atoms with van der Waals surface area (Å²) in [5.41, 5.74) is 1.50. The van der Waals surface area contributed by atoms with Crippen molar-refractivity contribution in [3.63, 3.8) is 0 Å². The van der Waals surface area contributed by atoms with Crippen molar-refractivity contribution < 1.29 is 9.53 Å². The number of carbonyl (C=O) groups excluding carboxylic acids is 1. The Morgan fingerprint density at radius 2 is 2.19 bits per heavy atom. The monoisotopic (exact) mass is 241 g/mol. The highest BCUT2D eigenvalue weighted by atomic mass is 35.5. The summed E-state index contributed by atoms with van der Waals surface area (Å²) >= 11 is 5.97. The molecule has 0 aliphatic carbocycles. The molecule has 0 atom stereocenters. The van der Waals surface area contributed by atoms with Crippen LogP contribution < -0.4 is 10.1 Å². The molecule has 0 unspecified atom stereocenters. The Morgan fingerprint density at radius 3 is 2.69 bits per heavy atom. The summed E-state index contributed by atoms with van der Waals surface area (Å²) in [6.07, 6.45) is 0.781. The van der Waals surface area contributed by atoms with Crippen molar-refractivity contribution in [1.29, 1.82) is 0 Å². The molecule has 1 N–H and O–H groups in total. The third-order valence-corrected chi connectivity index (χ3v) is 2.57. The van der Waals surface area contributed by atoms with E-state index in [1.54, 1.807) is 20.2 Å². The highest BCUT2D eigenvalue weighted by molar-refractivity contribution is 6.31. The molecule has 1 rings (SSSR count). The minimum atomic E-state index is -0.0171. The maximum atomic E-state index is 11.8. The van der Waals surface area contributed by atoms with Crippen molar-refractivity contribution in [3.8, 4) is 5.75 Å². The third kappa shape index (κ3) is 2.74. The van der Waals surface area contributed by atoms with Gasteiger partial charge in [-0.1, -0.05) is 18.5 Å². The van der Waals surface area contributed by atoms with Gasteiger partial charge >= 0.3 is 0 Å². The second-order valence-electron chi connectivity index (χ2n) is 3.45. The minimum absolute atomic E-state index is 0.0171. The van der Waals surface area contributed by atoms with E-state index in [0.29, 0.717) is 16.3 Å². The SMILES string of the molecule is CCc1cc(Cl)cc(C(=O)CNC)c1OC. The number of Topliss-reactive ketones (excluding diaryl/α,β-unsaturated/α-hetero) is 1. The molecular weight excluding hydrogens is 226 g/mol. The zero-order valence-corrected chi connectivity index (χ0v) is 10.5. The zero-order chi connectivity index (χ0) is 12.1. The van der Waals surface area contributed by atoms with E-state index >= 15 is 0 Å². The van der Waals surface area contributed by atoms with Crippen LogP contribution in [0.2, 0.25) is 5.02 Å². The molecule has 4 heteroatoms. The molecule has 0 aromatic heterocycles. The van der Waals surface area contributed by atoms with Gasteiger partial charge < -0.3 is 10.1 Å². The van der Waals surface area contributed by atoms with Gasteiger partial charge in [0.2, 0.25) is 0 Å². The molecule has 1 aromatic rings. The van der Waals surface area contributed by atoms with Crippen molar-refractivity contribution in [2.45, 2.75) is 13.3 Å². The van der Waals surface area contributed by atoms with Crippen LogP contribution in [0.5, 0.6) is 5.75 Å². The number of nitrogens with one attached hydrogen (secondary N) is 1. The number of methoxy groups -OCH3 is 1. The van der Waals surface area contributed by atoms with Crippen LogP contribution in [-0.2, 0) is 6.42 Å². The topological polar surface area (TPSA) is 38.3 Å². The van der Waals surface area contributed by atoms with Crippen LogP contribution in [0, 0.1) is 0 Å². The van der Waals surface area contributed by atoms with E-state index in [9.17, 15) is 4.79 Å². The molecule has 0 spiro atoms. The number of ether oxygens (including phenoxy) is 1. The fourth-order valence-corrected chi connectivity index (χ4v) is 1.86. The van der Waals surface area contributed by atoms with E-state index < -0.39 is 0 Å². The van der Waals surface area contributed by atoms with Crippen LogP contribution in [-0.4, -0.2) is 26.5 Å². The molecule has 0 bridgehead atoms. The number of likely N-dealkylation sites (N-methyl/N-ethyl adjacent to an activating group) is 1. The van der Waals surface area contributed by atoms with E-state index in [4.69, 9.17) is 16.3 Å². The van der Waals surface area contributed by atoms with Gasteiger partial charge in [-0.25, -0.2) is 0 Å². The molecule has 0 radical (unpaired) electrons. The Labute approximate surface area is 101 Å². The second kappa shape index (κ2) is 5.87. The summed E-state index contributed by atoms with van der Waals surface area (Å²) in [5, 5.41) is 3.39. The predicted octanol–water partition coefficient (Wildman–Crippen LogP) is 2.31. The first-order chi connectivity index (χ1) is 7.63. The predicted molar refractivity (Wildman–Crippen MR) is 65.6 cm³/mol. The lowest BCUT2D eigenvalue weighted by Crippen LogP contribution is -2.19. The number of benzene rings is 1. The van der Waals surface area contributed by atoms with Crippen LogP contribution in [0.1, 0.15) is 22.8 Å². The van der Waals surface area contributed by atoms with Crippen molar-refractivity contribution in [2.24, 2.45) is 0 Å². The Kier molecular flexibility index (Phi) is 4.77. The van der Waals surface area contributed by atoms with Crippen molar-refractivity contribution in [1.82, 2.24) is 5.32 Å². The molecule has 0 fully saturated rings. The molecule has 0 saturated heterocycles. The lowest BCUT2D eigenvalue weighted by Gasteiger charge is -2.12. The highest BCUT2D eigenvalue weighted by Gasteiger charge is 2.15. The molecule has 0 amide bonds. The third-order valence-electron chi connectivity index (χ3n) is 2.35. The van der Waals surface area contributed by atoms with Crippen molar-refractivity contribution >= 4 is 17.4 Å². The van der Waals surface area contributed by atoms with E-state index in [1.807, 2.05) is 13.0 Å². The minimum Gasteiger partial charge on any atom is -0.496 e. The van der Waals surface area contributed by atoms with Gasteiger partial charge in [0, 0.05) is 5.02 Å². The fraction of sp³-hybridized carbons (Fsp3) is 0.417. The Morgan fingerprint density at radius 1 is 1.50 bits per heavy atom. The van der Waals surface area contributed by atoms with Crippen LogP contribution >= 0.6 is 11.6 Å². The van der Waals surface area contributed by atoms with Crippen LogP contribution in [0.4, 0.5) is 0 Å². The standard InChI is InChI=1S/C12H16ClNO2/c1-4-8-5-9(13)6-10(12(8)16-3)11(15)7-14-2/h5-6,14H,4,7H2,1-3H3. The average Bonchev–Trinajstić information content (AvgIpc) is 2.28. The first kappa shape index (κ1) is 13.0. The second-order valence-corrected chi connectivity index (χ2v) is 3.89. The summed E-state index contributed by atoms with van der Waals surface area (Å²) < 4.78 is 5.28. The van der Waals surface area contributed by atoms with Crippen LogP contribution in [0.3, 0.4) is 0 Å². The van der Waals surface area contributed by atoms with Gasteiger partial charge in [-0.15, -0.1) is 0 Å². The highest BCUT2D eigenvalue weighted by Crippen LogP contribution is 2.28. The zero-order valence-electron chi connectivity index (χ0n) is 9.76. The number of hydrogen-bond acceptors (Lipinski definition) is 3. The number of carbonyl (C=O) groups is 1. The Balaban J connectivity index is 3.24. The Bertz CT molecular complexity index is 391. The van der Waals surface area contributed by atoms with Gasteiger partial charge in [-0.3, -0.25) is 4.79 Å². The summed E-state index contributed by atoms with van der Waals surface area (Å²) in [7, 11) is 3.30. The summed E-state index contributed by atoms with van der Waals surface area (Å²) in [6.45, 7) is 2.28. The molecule has 0 aliphatic heterocycles. The molecule has 88 valence electrons. The molecule has 3 nitrogen and oxygen atoms in total. The molecular formula is C12H16ClNO2. The smallest absolute Gasteiger partial charge is 0.180 e. The summed E-state index contributed by atoms with van der Waals surface area (Å²) in [5.74, 6) is 0.615. The lowest BCUT2D eigenvalue weighted by atomic mass is 10.0. The van der Waals surface area contributed by atoms with Gasteiger partial charge in [-0.2, -0.15) is 0 Å². The van der Waals surface area contributed by atoms with Gasteiger partial charge in [0.25, 0.3) is 0 Å². The molecule has 1 aromatic carbocycles.